The number of nitrogens with one attached hydrogen (secondary N) is 1. The number of methoxy groups -OCH3 is 1. The Balaban J connectivity index is 1.75. The molecule has 0 aliphatic heterocycles. The topological polar surface area (TPSA) is 21.3 Å². The molecular weight excluding hydrogens is 229 g/mol. The van der Waals surface area contributed by atoms with Gasteiger partial charge in [0.05, 0.1) is 6.10 Å². The van der Waals surface area contributed by atoms with E-state index in [2.05, 4.69) is 5.32 Å². The Bertz CT molecular complexity index is 352. The average Bonchev–Trinajstić information content (AvgIpc) is 2.41. The molecule has 1 N–H and O–H groups in total. The predicted octanol–water partition coefficient (Wildman–Crippen LogP) is 2.92. The molecule has 0 heterocycles. The van der Waals surface area contributed by atoms with Gasteiger partial charge in [-0.2, -0.15) is 0 Å². The first-order chi connectivity index (χ1) is 8.79. The number of rotatable bonds is 5. The van der Waals surface area contributed by atoms with Crippen LogP contribution in [0.2, 0.25) is 0 Å². The van der Waals surface area contributed by atoms with E-state index in [1.165, 1.54) is 37.0 Å². The van der Waals surface area contributed by atoms with Crippen LogP contribution in [0.25, 0.3) is 0 Å². The third-order valence-corrected chi connectivity index (χ3v) is 3.74. The van der Waals surface area contributed by atoms with Gasteiger partial charge in [0.25, 0.3) is 0 Å². The number of hydrogen-bond donors (Lipinski definition) is 1. The van der Waals surface area contributed by atoms with E-state index in [0.29, 0.717) is 12.1 Å². The normalized spacial score (nSPS) is 24.1. The van der Waals surface area contributed by atoms with Crippen molar-refractivity contribution in [1.29, 1.82) is 0 Å². The van der Waals surface area contributed by atoms with Gasteiger partial charge in [-0.3, -0.25) is 0 Å². The van der Waals surface area contributed by atoms with Crippen molar-refractivity contribution in [2.45, 2.75) is 44.2 Å². The Morgan fingerprint density at radius 1 is 1.22 bits per heavy atom. The third-order valence-electron chi connectivity index (χ3n) is 3.74. The molecule has 1 aliphatic rings. The first kappa shape index (κ1) is 13.5. The molecule has 0 spiro atoms. The maximum absolute atomic E-state index is 12.8. The molecule has 2 nitrogen and oxygen atoms in total. The molecular formula is C15H22FNO. The van der Waals surface area contributed by atoms with Crippen LogP contribution in [-0.4, -0.2) is 25.8 Å². The SMILES string of the molecule is CO[C@@H]1CCCC[C@H]1NCCc1ccc(F)cc1. The summed E-state index contributed by atoms with van der Waals surface area (Å²) in [5.74, 6) is -0.168. The van der Waals surface area contributed by atoms with Crippen LogP contribution < -0.4 is 5.32 Å². The van der Waals surface area contributed by atoms with Gasteiger partial charge in [-0.15, -0.1) is 0 Å². The van der Waals surface area contributed by atoms with Gasteiger partial charge in [-0.25, -0.2) is 4.39 Å². The zero-order chi connectivity index (χ0) is 12.8. The van der Waals surface area contributed by atoms with Crippen LogP contribution in [0.15, 0.2) is 24.3 Å². The molecule has 0 radical (unpaired) electrons. The van der Waals surface area contributed by atoms with Crippen LogP contribution in [0, 0.1) is 5.82 Å². The summed E-state index contributed by atoms with van der Waals surface area (Å²) in [6.45, 7) is 0.927. The van der Waals surface area contributed by atoms with Gasteiger partial charge >= 0.3 is 0 Å². The Morgan fingerprint density at radius 3 is 2.67 bits per heavy atom. The molecule has 0 unspecified atom stereocenters. The lowest BCUT2D eigenvalue weighted by Gasteiger charge is -2.31. The molecule has 2 atom stereocenters. The van der Waals surface area contributed by atoms with Crippen molar-refractivity contribution in [3.63, 3.8) is 0 Å². The quantitative estimate of drug-likeness (QED) is 0.868. The summed E-state index contributed by atoms with van der Waals surface area (Å²) in [5, 5.41) is 3.57. The van der Waals surface area contributed by atoms with Gasteiger partial charge in [0, 0.05) is 13.2 Å². The van der Waals surface area contributed by atoms with E-state index < -0.39 is 0 Å². The molecule has 3 heteroatoms. The first-order valence-electron chi connectivity index (χ1n) is 6.80. The summed E-state index contributed by atoms with van der Waals surface area (Å²) >= 11 is 0. The van der Waals surface area contributed by atoms with Gasteiger partial charge in [0.2, 0.25) is 0 Å². The van der Waals surface area contributed by atoms with E-state index in [1.54, 1.807) is 7.11 Å². The molecule has 1 aromatic carbocycles. The van der Waals surface area contributed by atoms with Gasteiger partial charge in [0.15, 0.2) is 0 Å². The highest BCUT2D eigenvalue weighted by Crippen LogP contribution is 2.20. The fourth-order valence-corrected chi connectivity index (χ4v) is 2.67. The van der Waals surface area contributed by atoms with Gasteiger partial charge in [-0.1, -0.05) is 25.0 Å². The van der Waals surface area contributed by atoms with Crippen LogP contribution in [0.4, 0.5) is 4.39 Å². The molecule has 0 bridgehead atoms. The molecule has 1 aliphatic carbocycles. The molecule has 0 aromatic heterocycles. The summed E-state index contributed by atoms with van der Waals surface area (Å²) in [7, 11) is 1.80. The van der Waals surface area contributed by atoms with Crippen molar-refractivity contribution in [3.05, 3.63) is 35.6 Å². The fourth-order valence-electron chi connectivity index (χ4n) is 2.67. The minimum absolute atomic E-state index is 0.168. The van der Waals surface area contributed by atoms with Gasteiger partial charge in [-0.05, 0) is 43.5 Å². The van der Waals surface area contributed by atoms with Crippen molar-refractivity contribution < 1.29 is 9.13 Å². The molecule has 18 heavy (non-hydrogen) atoms. The maximum Gasteiger partial charge on any atom is 0.123 e. The third kappa shape index (κ3) is 3.79. The minimum Gasteiger partial charge on any atom is -0.380 e. The minimum atomic E-state index is -0.168. The lowest BCUT2D eigenvalue weighted by atomic mass is 9.92. The largest absolute Gasteiger partial charge is 0.380 e. The summed E-state index contributed by atoms with van der Waals surface area (Å²) < 4.78 is 18.3. The van der Waals surface area contributed by atoms with Crippen LogP contribution in [0.3, 0.4) is 0 Å². The monoisotopic (exact) mass is 251 g/mol. The lowest BCUT2D eigenvalue weighted by molar-refractivity contribution is 0.0421. The van der Waals surface area contributed by atoms with E-state index in [1.807, 2.05) is 12.1 Å². The summed E-state index contributed by atoms with van der Waals surface area (Å²) in [5.41, 5.74) is 1.17. The Labute approximate surface area is 109 Å². The molecule has 1 saturated carbocycles. The maximum atomic E-state index is 12.8. The predicted molar refractivity (Wildman–Crippen MR) is 71.2 cm³/mol. The van der Waals surface area contributed by atoms with E-state index in [4.69, 9.17) is 4.74 Å². The highest BCUT2D eigenvalue weighted by atomic mass is 19.1. The number of ether oxygens (including phenoxy) is 1. The second-order valence-electron chi connectivity index (χ2n) is 5.00. The summed E-state index contributed by atoms with van der Waals surface area (Å²) in [6.07, 6.45) is 6.20. The molecule has 0 saturated heterocycles. The fraction of sp³-hybridized carbons (Fsp3) is 0.600. The Hall–Kier alpha value is -0.930. The highest BCUT2D eigenvalue weighted by molar-refractivity contribution is 5.16. The van der Waals surface area contributed by atoms with Gasteiger partial charge < -0.3 is 10.1 Å². The van der Waals surface area contributed by atoms with Crippen LogP contribution in [-0.2, 0) is 11.2 Å². The lowest BCUT2D eigenvalue weighted by Crippen LogP contribution is -2.43. The summed E-state index contributed by atoms with van der Waals surface area (Å²) in [6, 6.07) is 7.23. The zero-order valence-electron chi connectivity index (χ0n) is 11.0. The molecule has 2 rings (SSSR count). The number of hydrogen-bond acceptors (Lipinski definition) is 2. The Morgan fingerprint density at radius 2 is 1.94 bits per heavy atom. The van der Waals surface area contributed by atoms with E-state index in [9.17, 15) is 4.39 Å². The smallest absolute Gasteiger partial charge is 0.123 e. The van der Waals surface area contributed by atoms with Crippen LogP contribution in [0.5, 0.6) is 0 Å². The average molecular weight is 251 g/mol. The zero-order valence-corrected chi connectivity index (χ0v) is 11.0. The molecule has 100 valence electrons. The van der Waals surface area contributed by atoms with E-state index in [-0.39, 0.29) is 5.82 Å². The summed E-state index contributed by atoms with van der Waals surface area (Å²) in [4.78, 5) is 0. The molecule has 0 amide bonds. The van der Waals surface area contributed by atoms with Gasteiger partial charge in [0.1, 0.15) is 5.82 Å². The first-order valence-corrected chi connectivity index (χ1v) is 6.80. The van der Waals surface area contributed by atoms with Crippen LogP contribution >= 0.6 is 0 Å². The van der Waals surface area contributed by atoms with Crippen molar-refractivity contribution in [2.75, 3.05) is 13.7 Å². The van der Waals surface area contributed by atoms with Crippen molar-refractivity contribution in [2.24, 2.45) is 0 Å². The van der Waals surface area contributed by atoms with Crippen molar-refractivity contribution in [3.8, 4) is 0 Å². The number of benzene rings is 1. The second-order valence-corrected chi connectivity index (χ2v) is 5.00. The van der Waals surface area contributed by atoms with Crippen molar-refractivity contribution >= 4 is 0 Å². The van der Waals surface area contributed by atoms with Crippen LogP contribution in [0.1, 0.15) is 31.2 Å². The molecule has 1 aromatic rings. The number of halogens is 1. The highest BCUT2D eigenvalue weighted by Gasteiger charge is 2.23. The van der Waals surface area contributed by atoms with E-state index >= 15 is 0 Å². The van der Waals surface area contributed by atoms with Crippen molar-refractivity contribution in [1.82, 2.24) is 5.32 Å². The second kappa shape index (κ2) is 6.86. The molecule has 1 fully saturated rings. The standard InChI is InChI=1S/C15H22FNO/c1-18-15-5-3-2-4-14(15)17-11-10-12-6-8-13(16)9-7-12/h6-9,14-15,17H,2-5,10-11H2,1H3/t14-,15-/m1/s1. The van der Waals surface area contributed by atoms with E-state index in [0.717, 1.165) is 19.4 Å². The Kier molecular flexibility index (Phi) is 5.14.